The van der Waals surface area contributed by atoms with Crippen LogP contribution in [-0.4, -0.2) is 73.7 Å². The Balaban J connectivity index is 1.44. The van der Waals surface area contributed by atoms with Gasteiger partial charge in [0.15, 0.2) is 0 Å². The minimum Gasteiger partial charge on any atom is -0.352 e. The smallest absolute Gasteiger partial charge is 0.238 e. The molecule has 3 aliphatic carbocycles. The van der Waals surface area contributed by atoms with Crippen LogP contribution in [0.4, 0.5) is 13.2 Å². The maximum atomic E-state index is 15.9. The van der Waals surface area contributed by atoms with Gasteiger partial charge in [-0.1, -0.05) is 41.4 Å². The van der Waals surface area contributed by atoms with Crippen molar-refractivity contribution in [3.8, 4) is 0 Å². The van der Waals surface area contributed by atoms with Crippen LogP contribution in [0, 0.1) is 28.5 Å². The van der Waals surface area contributed by atoms with Crippen molar-refractivity contribution in [3.63, 3.8) is 0 Å². The van der Waals surface area contributed by atoms with Crippen LogP contribution < -0.4 is 16.0 Å². The van der Waals surface area contributed by atoms with Crippen LogP contribution in [0.1, 0.15) is 37.2 Å². The molecule has 3 N–H and O–H groups in total. The molecule has 2 aliphatic heterocycles. The molecule has 7 nitrogen and oxygen atoms in total. The fourth-order valence-electron chi connectivity index (χ4n) is 8.42. The molecule has 6 rings (SSSR count). The number of nitrogens with zero attached hydrogens (tertiary/aromatic N) is 1. The standard InChI is InChI=1S/C30H33Cl2F3N4O3/c1-39(2)26(41)15-8-17(9-15)36-25(40)24-22(18-4-3-5-20(32)23(18)35)30(29(38-24)11-28(12-29,13-33)14-34)19-7-6-16(31)10-21(19)37-27(30)42/h3-7,10,15,17,19,21-22,24,38H,8-9,11-14H2,1-2H3,(H,36,40)(H,37,42)/t15-,17-,19?,21?,22-,24+,30+/m0/s1. The van der Waals surface area contributed by atoms with Gasteiger partial charge in [0.2, 0.25) is 17.7 Å². The van der Waals surface area contributed by atoms with E-state index in [-0.39, 0.29) is 41.3 Å². The molecular formula is C30H33Cl2F3N4O3. The van der Waals surface area contributed by atoms with Gasteiger partial charge < -0.3 is 15.5 Å². The molecule has 3 amide bonds. The van der Waals surface area contributed by atoms with Crippen molar-refractivity contribution in [1.82, 2.24) is 20.9 Å². The van der Waals surface area contributed by atoms with E-state index in [2.05, 4.69) is 16.0 Å². The van der Waals surface area contributed by atoms with Crippen molar-refractivity contribution < 1.29 is 27.6 Å². The highest BCUT2D eigenvalue weighted by molar-refractivity contribution is 6.31. The second-order valence-corrected chi connectivity index (χ2v) is 13.7. The van der Waals surface area contributed by atoms with Crippen LogP contribution in [0.2, 0.25) is 5.02 Å². The molecule has 4 fully saturated rings. The van der Waals surface area contributed by atoms with E-state index in [0.29, 0.717) is 17.9 Å². The summed E-state index contributed by atoms with van der Waals surface area (Å²) in [6, 6.07) is 2.48. The minimum absolute atomic E-state index is 0.0241. The molecular weight excluding hydrogens is 592 g/mol. The van der Waals surface area contributed by atoms with E-state index in [1.54, 1.807) is 38.4 Å². The predicted molar refractivity (Wildman–Crippen MR) is 152 cm³/mol. The van der Waals surface area contributed by atoms with E-state index in [1.165, 1.54) is 17.0 Å². The number of hydrogen-bond acceptors (Lipinski definition) is 4. The van der Waals surface area contributed by atoms with Gasteiger partial charge in [-0.25, -0.2) is 4.39 Å². The molecule has 42 heavy (non-hydrogen) atoms. The molecule has 0 bridgehead atoms. The zero-order valence-electron chi connectivity index (χ0n) is 23.2. The van der Waals surface area contributed by atoms with E-state index in [1.807, 2.05) is 0 Å². The molecule has 2 spiro atoms. The average Bonchev–Trinajstić information content (AvgIpc) is 3.38. The fourth-order valence-corrected chi connectivity index (χ4v) is 8.81. The van der Waals surface area contributed by atoms with Gasteiger partial charge in [0, 0.05) is 53.9 Å². The first-order valence-corrected chi connectivity index (χ1v) is 14.9. The highest BCUT2D eigenvalue weighted by Crippen LogP contribution is 2.70. The van der Waals surface area contributed by atoms with Crippen molar-refractivity contribution >= 4 is 40.9 Å². The zero-order chi connectivity index (χ0) is 30.2. The lowest BCUT2D eigenvalue weighted by atomic mass is 9.44. The molecule has 5 atom stereocenters. The molecule has 0 aromatic heterocycles. The number of nitrogens with one attached hydrogen (secondary N) is 3. The number of allylic oxidation sites excluding steroid dienone is 2. The monoisotopic (exact) mass is 624 g/mol. The summed E-state index contributed by atoms with van der Waals surface area (Å²) in [5.74, 6) is -3.58. The normalized spacial score (nSPS) is 35.2. The van der Waals surface area contributed by atoms with Crippen molar-refractivity contribution in [2.45, 2.75) is 55.3 Å². The predicted octanol–water partition coefficient (Wildman–Crippen LogP) is 3.77. The third-order valence-corrected chi connectivity index (χ3v) is 10.8. The molecule has 2 saturated carbocycles. The maximum Gasteiger partial charge on any atom is 0.238 e. The number of alkyl halides is 2. The largest absolute Gasteiger partial charge is 0.352 e. The molecule has 226 valence electrons. The number of carbonyl (C=O) groups is 3. The average molecular weight is 626 g/mol. The van der Waals surface area contributed by atoms with Crippen LogP contribution in [0.15, 0.2) is 41.5 Å². The van der Waals surface area contributed by atoms with E-state index in [4.69, 9.17) is 23.2 Å². The van der Waals surface area contributed by atoms with Gasteiger partial charge >= 0.3 is 0 Å². The number of amides is 3. The van der Waals surface area contributed by atoms with Crippen molar-refractivity contribution in [3.05, 3.63) is 57.9 Å². The van der Waals surface area contributed by atoms with Crippen molar-refractivity contribution in [2.24, 2.45) is 22.7 Å². The van der Waals surface area contributed by atoms with Crippen LogP contribution in [0.3, 0.4) is 0 Å². The van der Waals surface area contributed by atoms with E-state index < -0.39 is 71.3 Å². The highest BCUT2D eigenvalue weighted by atomic mass is 35.5. The van der Waals surface area contributed by atoms with E-state index in [9.17, 15) is 23.2 Å². The first-order valence-electron chi connectivity index (χ1n) is 14.1. The Morgan fingerprint density at radius 3 is 2.48 bits per heavy atom. The number of rotatable bonds is 6. The second-order valence-electron chi connectivity index (χ2n) is 12.9. The van der Waals surface area contributed by atoms with Crippen LogP contribution in [-0.2, 0) is 14.4 Å². The summed E-state index contributed by atoms with van der Waals surface area (Å²) in [4.78, 5) is 42.2. The number of halogens is 5. The number of carbonyl (C=O) groups excluding carboxylic acids is 3. The summed E-state index contributed by atoms with van der Waals surface area (Å²) in [5, 5.41) is 9.58. The Kier molecular flexibility index (Phi) is 7.21. The lowest BCUT2D eigenvalue weighted by Crippen LogP contribution is -2.70. The molecule has 12 heteroatoms. The Labute approximate surface area is 252 Å². The van der Waals surface area contributed by atoms with Crippen molar-refractivity contribution in [1.29, 1.82) is 0 Å². The number of hydrogen-bond donors (Lipinski definition) is 3. The van der Waals surface area contributed by atoms with Gasteiger partial charge in [-0.15, -0.1) is 0 Å². The molecule has 5 aliphatic rings. The maximum absolute atomic E-state index is 15.9. The molecule has 1 aromatic rings. The lowest BCUT2D eigenvalue weighted by Gasteiger charge is -2.60. The minimum atomic E-state index is -1.49. The fraction of sp³-hybridized carbons (Fsp3) is 0.567. The van der Waals surface area contributed by atoms with Crippen LogP contribution >= 0.6 is 23.2 Å². The number of benzene rings is 1. The molecule has 2 unspecified atom stereocenters. The summed E-state index contributed by atoms with van der Waals surface area (Å²) >= 11 is 12.5. The Hall–Kier alpha value is -2.56. The Morgan fingerprint density at radius 1 is 1.14 bits per heavy atom. The summed E-state index contributed by atoms with van der Waals surface area (Å²) in [7, 11) is 3.35. The molecule has 0 radical (unpaired) electrons. The van der Waals surface area contributed by atoms with Crippen molar-refractivity contribution in [2.75, 3.05) is 27.4 Å². The Bertz CT molecular complexity index is 1390. The second kappa shape index (κ2) is 10.3. The van der Waals surface area contributed by atoms with Gasteiger partial charge in [0.25, 0.3) is 0 Å². The topological polar surface area (TPSA) is 90.5 Å². The Morgan fingerprint density at radius 2 is 1.83 bits per heavy atom. The van der Waals surface area contributed by atoms with Crippen LogP contribution in [0.5, 0.6) is 0 Å². The van der Waals surface area contributed by atoms with Gasteiger partial charge in [-0.05, 0) is 49.5 Å². The van der Waals surface area contributed by atoms with E-state index in [0.717, 1.165) is 0 Å². The first-order chi connectivity index (χ1) is 19.9. The van der Waals surface area contributed by atoms with Gasteiger partial charge in [-0.3, -0.25) is 28.5 Å². The molecule has 2 heterocycles. The SMILES string of the molecule is CN(C)C(=O)[C@H]1C[C@H](NC(=O)[C@@H]2NC3(CC(CF)(CF)C3)[C@@]3(C(=O)NC4C=C(Cl)C=CC43)[C@H]2c2cccc(Cl)c2F)C1. The summed E-state index contributed by atoms with van der Waals surface area (Å²) < 4.78 is 44.5. The quantitative estimate of drug-likeness (QED) is 0.450. The summed E-state index contributed by atoms with van der Waals surface area (Å²) in [6.07, 6.45) is 5.92. The summed E-state index contributed by atoms with van der Waals surface area (Å²) in [6.45, 7) is -1.87. The third kappa shape index (κ3) is 4.08. The third-order valence-electron chi connectivity index (χ3n) is 10.2. The number of fused-ring (bicyclic) bond motifs is 3. The van der Waals surface area contributed by atoms with Gasteiger partial charge in [0.05, 0.1) is 35.9 Å². The zero-order valence-corrected chi connectivity index (χ0v) is 24.7. The molecule has 2 saturated heterocycles. The van der Waals surface area contributed by atoms with E-state index >= 15 is 4.39 Å². The van der Waals surface area contributed by atoms with Gasteiger partial charge in [-0.2, -0.15) is 0 Å². The molecule has 1 aromatic carbocycles. The van der Waals surface area contributed by atoms with Gasteiger partial charge in [0.1, 0.15) is 5.82 Å². The first kappa shape index (κ1) is 29.5. The van der Waals surface area contributed by atoms with Crippen LogP contribution in [0.25, 0.3) is 0 Å². The summed E-state index contributed by atoms with van der Waals surface area (Å²) in [5.41, 5.74) is -3.96. The lowest BCUT2D eigenvalue weighted by molar-refractivity contribution is -0.146. The highest BCUT2D eigenvalue weighted by Gasteiger charge is 2.80.